The molecule has 0 saturated carbocycles. The first-order valence-corrected chi connectivity index (χ1v) is 5.38. The van der Waals surface area contributed by atoms with E-state index in [9.17, 15) is 4.79 Å². The van der Waals surface area contributed by atoms with E-state index in [1.165, 1.54) is 11.3 Å². The Hall–Kier alpha value is -1.97. The molecule has 0 saturated heterocycles. The summed E-state index contributed by atoms with van der Waals surface area (Å²) in [6.45, 7) is 1.76. The van der Waals surface area contributed by atoms with Crippen molar-refractivity contribution in [3.8, 4) is 0 Å². The molecular formula is C12H13N3O. The molecule has 0 bridgehead atoms. The van der Waals surface area contributed by atoms with Crippen molar-refractivity contribution in [2.24, 2.45) is 5.73 Å². The van der Waals surface area contributed by atoms with Crippen molar-refractivity contribution >= 4 is 17.3 Å². The number of anilines is 2. The molecule has 82 valence electrons. The molecule has 2 heterocycles. The molecule has 0 fully saturated rings. The maximum Gasteiger partial charge on any atom is 0.246 e. The lowest BCUT2D eigenvalue weighted by atomic mass is 9.97. The fraction of sp³-hybridized carbons (Fsp3) is 0.250. The van der Waals surface area contributed by atoms with Crippen molar-refractivity contribution < 1.29 is 4.79 Å². The fourth-order valence-corrected chi connectivity index (χ4v) is 2.36. The minimum absolute atomic E-state index is 0.324. The van der Waals surface area contributed by atoms with Crippen LogP contribution >= 0.6 is 0 Å². The molecular weight excluding hydrogens is 202 g/mol. The second kappa shape index (κ2) is 3.27. The minimum Gasteiger partial charge on any atom is -0.382 e. The second-order valence-corrected chi connectivity index (χ2v) is 4.13. The highest BCUT2D eigenvalue weighted by Gasteiger charge is 2.24. The van der Waals surface area contributed by atoms with Crippen LogP contribution in [-0.2, 0) is 11.2 Å². The van der Waals surface area contributed by atoms with Crippen LogP contribution in [0.2, 0.25) is 0 Å². The highest BCUT2D eigenvalue weighted by molar-refractivity contribution is 5.95. The van der Waals surface area contributed by atoms with Crippen molar-refractivity contribution in [1.29, 1.82) is 0 Å². The van der Waals surface area contributed by atoms with Crippen molar-refractivity contribution in [2.45, 2.75) is 6.42 Å². The van der Waals surface area contributed by atoms with Crippen molar-refractivity contribution in [3.05, 3.63) is 35.5 Å². The third-order valence-corrected chi connectivity index (χ3v) is 3.08. The van der Waals surface area contributed by atoms with Gasteiger partial charge in [0.1, 0.15) is 0 Å². The van der Waals surface area contributed by atoms with E-state index < -0.39 is 0 Å². The van der Waals surface area contributed by atoms with Gasteiger partial charge in [0, 0.05) is 31.3 Å². The molecule has 16 heavy (non-hydrogen) atoms. The van der Waals surface area contributed by atoms with Crippen LogP contribution in [0.3, 0.4) is 0 Å². The molecule has 0 aromatic heterocycles. The van der Waals surface area contributed by atoms with E-state index >= 15 is 0 Å². The van der Waals surface area contributed by atoms with Gasteiger partial charge in [-0.2, -0.15) is 0 Å². The zero-order valence-corrected chi connectivity index (χ0v) is 8.86. The number of benzene rings is 1. The summed E-state index contributed by atoms with van der Waals surface area (Å²) in [4.78, 5) is 13.4. The van der Waals surface area contributed by atoms with Gasteiger partial charge >= 0.3 is 0 Å². The number of nitrogens with one attached hydrogen (secondary N) is 1. The Bertz CT molecular complexity index is 493. The molecule has 4 heteroatoms. The number of rotatable bonds is 1. The Morgan fingerprint density at radius 1 is 1.44 bits per heavy atom. The predicted octanol–water partition coefficient (Wildman–Crippen LogP) is 0.844. The Morgan fingerprint density at radius 3 is 3.12 bits per heavy atom. The first-order valence-electron chi connectivity index (χ1n) is 5.38. The molecule has 0 atom stereocenters. The summed E-state index contributed by atoms with van der Waals surface area (Å²) in [5.74, 6) is -0.324. The van der Waals surface area contributed by atoms with E-state index in [1.54, 1.807) is 0 Å². The Morgan fingerprint density at radius 2 is 2.31 bits per heavy atom. The molecule has 3 rings (SSSR count). The molecule has 4 nitrogen and oxygen atoms in total. The van der Waals surface area contributed by atoms with E-state index in [1.807, 2.05) is 12.3 Å². The lowest BCUT2D eigenvalue weighted by Gasteiger charge is -2.34. The average Bonchev–Trinajstić information content (AvgIpc) is 2.29. The number of para-hydroxylation sites is 1. The van der Waals surface area contributed by atoms with E-state index in [-0.39, 0.29) is 5.91 Å². The molecule has 2 aliphatic rings. The van der Waals surface area contributed by atoms with Gasteiger partial charge in [-0.05, 0) is 11.6 Å². The average molecular weight is 215 g/mol. The Kier molecular flexibility index (Phi) is 1.89. The molecule has 0 unspecified atom stereocenters. The number of nitrogens with two attached hydrogens (primary N) is 1. The number of amides is 1. The van der Waals surface area contributed by atoms with Gasteiger partial charge in [-0.25, -0.2) is 0 Å². The summed E-state index contributed by atoms with van der Waals surface area (Å²) in [5, 5.41) is 3.36. The van der Waals surface area contributed by atoms with Gasteiger partial charge in [0.2, 0.25) is 5.91 Å². The highest BCUT2D eigenvalue weighted by Crippen LogP contribution is 2.37. The number of carbonyl (C=O) groups excluding carboxylic acids is 1. The smallest absolute Gasteiger partial charge is 0.246 e. The van der Waals surface area contributed by atoms with E-state index in [2.05, 4.69) is 22.3 Å². The number of carbonyl (C=O) groups is 1. The molecule has 1 amide bonds. The summed E-state index contributed by atoms with van der Waals surface area (Å²) >= 11 is 0. The van der Waals surface area contributed by atoms with Crippen LogP contribution in [0.1, 0.15) is 5.56 Å². The van der Waals surface area contributed by atoms with Gasteiger partial charge in [0.05, 0.1) is 11.4 Å². The van der Waals surface area contributed by atoms with Crippen LogP contribution in [0.4, 0.5) is 11.4 Å². The molecule has 0 spiro atoms. The van der Waals surface area contributed by atoms with E-state index in [4.69, 9.17) is 5.73 Å². The molecule has 3 N–H and O–H groups in total. The third kappa shape index (κ3) is 1.26. The van der Waals surface area contributed by atoms with Crippen LogP contribution in [0.5, 0.6) is 0 Å². The largest absolute Gasteiger partial charge is 0.382 e. The quantitative estimate of drug-likeness (QED) is 0.730. The highest BCUT2D eigenvalue weighted by atomic mass is 16.1. The maximum absolute atomic E-state index is 11.2. The third-order valence-electron chi connectivity index (χ3n) is 3.08. The normalized spacial score (nSPS) is 17.2. The standard InChI is InChI=1S/C12H13N3O/c13-12(16)9-6-8-2-1-3-10-11(8)15(7-9)5-4-14-10/h1-3,7,14H,4-6H2,(H2,13,16). The SMILES string of the molecule is NC(=O)C1=CN2CCNc3cccc(c32)C1. The first kappa shape index (κ1) is 9.27. The molecule has 0 radical (unpaired) electrons. The van der Waals surface area contributed by atoms with Crippen molar-refractivity contribution in [3.63, 3.8) is 0 Å². The summed E-state index contributed by atoms with van der Waals surface area (Å²) in [6.07, 6.45) is 2.52. The van der Waals surface area contributed by atoms with Crippen LogP contribution in [0.25, 0.3) is 0 Å². The number of hydrogen-bond donors (Lipinski definition) is 2. The van der Waals surface area contributed by atoms with Crippen LogP contribution in [-0.4, -0.2) is 19.0 Å². The van der Waals surface area contributed by atoms with Gasteiger partial charge in [0.25, 0.3) is 0 Å². The predicted molar refractivity (Wildman–Crippen MR) is 63.3 cm³/mol. The summed E-state index contributed by atoms with van der Waals surface area (Å²) in [5.41, 5.74) is 9.54. The number of nitrogens with zero attached hydrogens (tertiary/aromatic N) is 1. The van der Waals surface area contributed by atoms with Gasteiger partial charge in [-0.1, -0.05) is 12.1 Å². The van der Waals surface area contributed by atoms with Gasteiger partial charge in [-0.15, -0.1) is 0 Å². The lowest BCUT2D eigenvalue weighted by Crippen LogP contribution is -2.34. The van der Waals surface area contributed by atoms with Crippen LogP contribution in [0.15, 0.2) is 30.0 Å². The molecule has 1 aromatic carbocycles. The topological polar surface area (TPSA) is 58.4 Å². The van der Waals surface area contributed by atoms with Crippen molar-refractivity contribution in [1.82, 2.24) is 0 Å². The summed E-state index contributed by atoms with van der Waals surface area (Å²) in [7, 11) is 0. The lowest BCUT2D eigenvalue weighted by molar-refractivity contribution is -0.114. The molecule has 0 aliphatic carbocycles. The van der Waals surface area contributed by atoms with Gasteiger partial charge in [-0.3, -0.25) is 4.79 Å². The Balaban J connectivity index is 2.13. The monoisotopic (exact) mass is 215 g/mol. The first-order chi connectivity index (χ1) is 7.75. The minimum atomic E-state index is -0.324. The van der Waals surface area contributed by atoms with Gasteiger partial charge < -0.3 is 16.0 Å². The Labute approximate surface area is 93.7 Å². The summed E-state index contributed by atoms with van der Waals surface area (Å²) in [6, 6.07) is 6.12. The van der Waals surface area contributed by atoms with Gasteiger partial charge in [0.15, 0.2) is 0 Å². The number of primary amides is 1. The number of hydrogen-bond acceptors (Lipinski definition) is 3. The maximum atomic E-state index is 11.2. The van der Waals surface area contributed by atoms with Crippen LogP contribution < -0.4 is 16.0 Å². The fourth-order valence-electron chi connectivity index (χ4n) is 2.36. The molecule has 2 aliphatic heterocycles. The zero-order chi connectivity index (χ0) is 11.1. The second-order valence-electron chi connectivity index (χ2n) is 4.13. The summed E-state index contributed by atoms with van der Waals surface area (Å²) < 4.78 is 0. The van der Waals surface area contributed by atoms with E-state index in [0.717, 1.165) is 18.8 Å². The van der Waals surface area contributed by atoms with E-state index in [0.29, 0.717) is 12.0 Å². The van der Waals surface area contributed by atoms with Crippen LogP contribution in [0, 0.1) is 0 Å². The van der Waals surface area contributed by atoms with Crippen molar-refractivity contribution in [2.75, 3.05) is 23.3 Å². The molecule has 1 aromatic rings. The zero-order valence-electron chi connectivity index (χ0n) is 8.86.